The summed E-state index contributed by atoms with van der Waals surface area (Å²) < 4.78 is 5.06. The Kier molecular flexibility index (Phi) is 5.86. The molecule has 0 aliphatic heterocycles. The molecular weight excluding hydrogens is 238 g/mol. The quantitative estimate of drug-likeness (QED) is 0.776. The number of benzene rings is 1. The molecule has 0 amide bonds. The number of aliphatic carboxylic acids is 1. The highest BCUT2D eigenvalue weighted by molar-refractivity contribution is 7.98. The predicted octanol–water partition coefficient (Wildman–Crippen LogP) is 1.73. The monoisotopic (exact) mass is 255 g/mol. The number of ether oxygens (including phenoxy) is 1. The van der Waals surface area contributed by atoms with Crippen molar-refractivity contribution >= 4 is 17.7 Å². The van der Waals surface area contributed by atoms with Gasteiger partial charge in [0, 0.05) is 17.5 Å². The largest absolute Gasteiger partial charge is 0.497 e. The molecule has 0 unspecified atom stereocenters. The second-order valence-corrected chi connectivity index (χ2v) is 4.75. The molecule has 1 aromatic carbocycles. The molecule has 0 aromatic heterocycles. The summed E-state index contributed by atoms with van der Waals surface area (Å²) in [6.07, 6.45) is 0.0234. The highest BCUT2D eigenvalue weighted by Gasteiger charge is 2.07. The van der Waals surface area contributed by atoms with E-state index in [0.717, 1.165) is 11.5 Å². The lowest BCUT2D eigenvalue weighted by Crippen LogP contribution is -2.26. The summed E-state index contributed by atoms with van der Waals surface area (Å²) in [5, 5.41) is 8.55. The van der Waals surface area contributed by atoms with Crippen molar-refractivity contribution in [1.29, 1.82) is 0 Å². The van der Waals surface area contributed by atoms with Gasteiger partial charge in [0.1, 0.15) is 5.75 Å². The summed E-state index contributed by atoms with van der Waals surface area (Å²) in [6, 6.07) is 7.53. The van der Waals surface area contributed by atoms with E-state index in [-0.39, 0.29) is 12.5 Å². The normalized spacial score (nSPS) is 12.1. The van der Waals surface area contributed by atoms with Crippen molar-refractivity contribution in [3.8, 4) is 5.75 Å². The molecule has 0 aliphatic rings. The Morgan fingerprint density at radius 3 is 2.65 bits per heavy atom. The van der Waals surface area contributed by atoms with Gasteiger partial charge in [-0.25, -0.2) is 0 Å². The molecule has 0 saturated heterocycles. The number of thioether (sulfide) groups is 1. The molecule has 0 saturated carbocycles. The van der Waals surface area contributed by atoms with Crippen LogP contribution in [0.15, 0.2) is 24.3 Å². The molecule has 1 aromatic rings. The number of rotatable bonds is 7. The van der Waals surface area contributed by atoms with Gasteiger partial charge >= 0.3 is 5.97 Å². The van der Waals surface area contributed by atoms with Crippen molar-refractivity contribution in [3.63, 3.8) is 0 Å². The van der Waals surface area contributed by atoms with Crippen LogP contribution < -0.4 is 10.5 Å². The highest BCUT2D eigenvalue weighted by Crippen LogP contribution is 2.17. The van der Waals surface area contributed by atoms with Gasteiger partial charge in [0.15, 0.2) is 0 Å². The molecule has 94 valence electrons. The molecule has 0 bridgehead atoms. The van der Waals surface area contributed by atoms with Crippen LogP contribution in [0.4, 0.5) is 0 Å². The zero-order valence-electron chi connectivity index (χ0n) is 9.76. The van der Waals surface area contributed by atoms with Gasteiger partial charge in [0.05, 0.1) is 13.5 Å². The SMILES string of the molecule is COc1ccc(CSC[C@H](N)CC(=O)O)cc1. The van der Waals surface area contributed by atoms with Crippen LogP contribution in [-0.2, 0) is 10.5 Å². The Hall–Kier alpha value is -1.20. The molecule has 5 heteroatoms. The molecule has 0 aliphatic carbocycles. The molecule has 0 fully saturated rings. The maximum atomic E-state index is 10.4. The Morgan fingerprint density at radius 1 is 1.47 bits per heavy atom. The fraction of sp³-hybridized carbons (Fsp3) is 0.417. The Labute approximate surface area is 105 Å². The molecule has 1 atom stereocenters. The van der Waals surface area contributed by atoms with Crippen molar-refractivity contribution in [3.05, 3.63) is 29.8 Å². The number of nitrogens with two attached hydrogens (primary N) is 1. The lowest BCUT2D eigenvalue weighted by molar-refractivity contribution is -0.137. The van der Waals surface area contributed by atoms with Crippen LogP contribution in [0.1, 0.15) is 12.0 Å². The van der Waals surface area contributed by atoms with E-state index in [1.54, 1.807) is 18.9 Å². The zero-order chi connectivity index (χ0) is 12.7. The average Bonchev–Trinajstić information content (AvgIpc) is 2.29. The van der Waals surface area contributed by atoms with Gasteiger partial charge in [-0.3, -0.25) is 4.79 Å². The van der Waals surface area contributed by atoms with Crippen LogP contribution in [0.3, 0.4) is 0 Å². The minimum Gasteiger partial charge on any atom is -0.497 e. The molecule has 17 heavy (non-hydrogen) atoms. The zero-order valence-corrected chi connectivity index (χ0v) is 10.6. The van der Waals surface area contributed by atoms with Crippen molar-refractivity contribution in [2.45, 2.75) is 18.2 Å². The molecule has 0 heterocycles. The molecule has 0 radical (unpaired) electrons. The van der Waals surface area contributed by atoms with Crippen LogP contribution in [-0.4, -0.2) is 30.0 Å². The van der Waals surface area contributed by atoms with E-state index >= 15 is 0 Å². The van der Waals surface area contributed by atoms with Gasteiger partial charge in [-0.15, -0.1) is 0 Å². The Bertz CT molecular complexity index is 353. The van der Waals surface area contributed by atoms with Gasteiger partial charge in [-0.1, -0.05) is 12.1 Å². The second-order valence-electron chi connectivity index (χ2n) is 3.72. The third-order valence-electron chi connectivity index (χ3n) is 2.20. The van der Waals surface area contributed by atoms with E-state index in [4.69, 9.17) is 15.6 Å². The molecule has 1 rings (SSSR count). The van der Waals surface area contributed by atoms with Crippen LogP contribution in [0.5, 0.6) is 5.75 Å². The summed E-state index contributed by atoms with van der Waals surface area (Å²) in [5.74, 6) is 1.47. The summed E-state index contributed by atoms with van der Waals surface area (Å²) in [5.41, 5.74) is 6.84. The fourth-order valence-electron chi connectivity index (χ4n) is 1.33. The third kappa shape index (κ3) is 5.60. The van der Waals surface area contributed by atoms with Crippen LogP contribution in [0, 0.1) is 0 Å². The lowest BCUT2D eigenvalue weighted by atomic mass is 10.2. The topological polar surface area (TPSA) is 72.5 Å². The van der Waals surface area contributed by atoms with E-state index in [2.05, 4.69) is 0 Å². The molecular formula is C12H17NO3S. The standard InChI is InChI=1S/C12H17NO3S/c1-16-11-4-2-9(3-5-11)7-17-8-10(13)6-12(14)15/h2-5,10H,6-8,13H2,1H3,(H,14,15)/t10-/m1/s1. The summed E-state index contributed by atoms with van der Waals surface area (Å²) in [6.45, 7) is 0. The fourth-order valence-corrected chi connectivity index (χ4v) is 2.30. The maximum absolute atomic E-state index is 10.4. The average molecular weight is 255 g/mol. The number of methoxy groups -OCH3 is 1. The summed E-state index contributed by atoms with van der Waals surface area (Å²) in [7, 11) is 1.63. The minimum absolute atomic E-state index is 0.0234. The van der Waals surface area contributed by atoms with Crippen molar-refractivity contribution in [1.82, 2.24) is 0 Å². The van der Waals surface area contributed by atoms with Gasteiger partial charge in [0.25, 0.3) is 0 Å². The second kappa shape index (κ2) is 7.19. The highest BCUT2D eigenvalue weighted by atomic mass is 32.2. The maximum Gasteiger partial charge on any atom is 0.304 e. The first-order valence-electron chi connectivity index (χ1n) is 5.30. The van der Waals surface area contributed by atoms with Crippen molar-refractivity contribution < 1.29 is 14.6 Å². The first kappa shape index (κ1) is 13.9. The van der Waals surface area contributed by atoms with E-state index in [0.29, 0.717) is 5.75 Å². The minimum atomic E-state index is -0.845. The van der Waals surface area contributed by atoms with Gasteiger partial charge in [-0.2, -0.15) is 11.8 Å². The summed E-state index contributed by atoms with van der Waals surface area (Å²) in [4.78, 5) is 10.4. The Balaban J connectivity index is 2.28. The number of carboxylic acid groups (broad SMARTS) is 1. The van der Waals surface area contributed by atoms with Gasteiger partial charge in [0.2, 0.25) is 0 Å². The van der Waals surface area contributed by atoms with Crippen LogP contribution >= 0.6 is 11.8 Å². The number of hydrogen-bond donors (Lipinski definition) is 2. The smallest absolute Gasteiger partial charge is 0.304 e. The van der Waals surface area contributed by atoms with Crippen LogP contribution in [0.2, 0.25) is 0 Å². The molecule has 3 N–H and O–H groups in total. The first-order valence-corrected chi connectivity index (χ1v) is 6.45. The Morgan fingerprint density at radius 2 is 2.12 bits per heavy atom. The summed E-state index contributed by atoms with van der Waals surface area (Å²) >= 11 is 1.64. The molecule has 4 nitrogen and oxygen atoms in total. The number of carbonyl (C=O) groups is 1. The predicted molar refractivity (Wildman–Crippen MR) is 69.4 cm³/mol. The third-order valence-corrected chi connectivity index (χ3v) is 3.40. The van der Waals surface area contributed by atoms with Crippen molar-refractivity contribution in [2.24, 2.45) is 5.73 Å². The van der Waals surface area contributed by atoms with E-state index in [1.165, 1.54) is 5.56 Å². The molecule has 0 spiro atoms. The first-order chi connectivity index (χ1) is 8.11. The number of hydrogen-bond acceptors (Lipinski definition) is 4. The van der Waals surface area contributed by atoms with E-state index < -0.39 is 5.97 Å². The van der Waals surface area contributed by atoms with Crippen LogP contribution in [0.25, 0.3) is 0 Å². The lowest BCUT2D eigenvalue weighted by Gasteiger charge is -2.08. The van der Waals surface area contributed by atoms with E-state index in [1.807, 2.05) is 24.3 Å². The number of carboxylic acids is 1. The van der Waals surface area contributed by atoms with E-state index in [9.17, 15) is 4.79 Å². The van der Waals surface area contributed by atoms with Gasteiger partial charge in [-0.05, 0) is 17.7 Å². The van der Waals surface area contributed by atoms with Crippen molar-refractivity contribution in [2.75, 3.05) is 12.9 Å². The van der Waals surface area contributed by atoms with Gasteiger partial charge < -0.3 is 15.6 Å².